The zero-order chi connectivity index (χ0) is 15.7. The highest BCUT2D eigenvalue weighted by molar-refractivity contribution is 5.18. The van der Waals surface area contributed by atoms with Crippen molar-refractivity contribution in [2.45, 2.75) is 83.7 Å². The van der Waals surface area contributed by atoms with E-state index in [-0.39, 0.29) is 6.10 Å². The summed E-state index contributed by atoms with van der Waals surface area (Å²) in [5.41, 5.74) is 1.15. The molecule has 0 aromatic carbocycles. The Kier molecular flexibility index (Phi) is 3.32. The Labute approximate surface area is 141 Å². The zero-order valence-electron chi connectivity index (χ0n) is 14.8. The largest absolute Gasteiger partial charge is 0.393 e. The van der Waals surface area contributed by atoms with E-state index in [0.717, 1.165) is 42.4 Å². The molecule has 23 heavy (non-hydrogen) atoms. The first-order valence-corrected chi connectivity index (χ1v) is 10.5. The quantitative estimate of drug-likeness (QED) is 0.599. The number of rotatable bonds is 0. The number of aliphatic hydroxyl groups excluding tert-OH is 1. The summed E-state index contributed by atoms with van der Waals surface area (Å²) >= 11 is 0. The minimum absolute atomic E-state index is 0.00306. The molecule has 5 aliphatic rings. The van der Waals surface area contributed by atoms with E-state index in [1.165, 1.54) is 57.8 Å². The normalized spacial score (nSPS) is 58.0. The molecule has 0 heterocycles. The van der Waals surface area contributed by atoms with Gasteiger partial charge in [-0.2, -0.15) is 0 Å². The van der Waals surface area contributed by atoms with Crippen molar-refractivity contribution < 1.29 is 5.11 Å². The molecular weight excluding hydrogens is 280 g/mol. The Morgan fingerprint density at radius 2 is 1.74 bits per heavy atom. The predicted molar refractivity (Wildman–Crippen MR) is 93.9 cm³/mol. The van der Waals surface area contributed by atoms with Gasteiger partial charge in [0, 0.05) is 0 Å². The van der Waals surface area contributed by atoms with Crippen LogP contribution >= 0.6 is 0 Å². The number of hydrogen-bond acceptors (Lipinski definition) is 1. The Morgan fingerprint density at radius 1 is 0.870 bits per heavy atom. The monoisotopic (exact) mass is 314 g/mol. The summed E-state index contributed by atoms with van der Waals surface area (Å²) in [5.74, 6) is 4.76. The molecule has 4 saturated carbocycles. The average molecular weight is 315 g/mol. The third kappa shape index (κ3) is 1.95. The average Bonchev–Trinajstić information content (AvgIpc) is 2.95. The molecule has 0 amide bonds. The summed E-state index contributed by atoms with van der Waals surface area (Å²) < 4.78 is 0. The van der Waals surface area contributed by atoms with Crippen LogP contribution in [0.4, 0.5) is 0 Å². The molecule has 1 heteroatoms. The summed E-state index contributed by atoms with van der Waals surface area (Å²) in [4.78, 5) is 0. The lowest BCUT2D eigenvalue weighted by Crippen LogP contribution is -2.54. The number of aliphatic hydroxyl groups is 1. The van der Waals surface area contributed by atoms with E-state index >= 15 is 0 Å². The third-order valence-corrected chi connectivity index (χ3v) is 9.51. The Bertz CT molecular complexity index is 510. The van der Waals surface area contributed by atoms with Gasteiger partial charge in [-0.1, -0.05) is 19.1 Å². The van der Waals surface area contributed by atoms with Crippen LogP contribution in [0.1, 0.15) is 77.6 Å². The van der Waals surface area contributed by atoms with Gasteiger partial charge in [-0.15, -0.1) is 0 Å². The van der Waals surface area contributed by atoms with E-state index in [1.807, 2.05) is 0 Å². The van der Waals surface area contributed by atoms with Gasteiger partial charge < -0.3 is 5.11 Å². The lowest BCUT2D eigenvalue weighted by molar-refractivity contribution is -0.121. The summed E-state index contributed by atoms with van der Waals surface area (Å²) in [6, 6.07) is 0. The molecule has 0 aromatic heterocycles. The van der Waals surface area contributed by atoms with Crippen LogP contribution in [0, 0.1) is 40.4 Å². The fourth-order valence-electron chi connectivity index (χ4n) is 8.43. The minimum atomic E-state index is -0.00306. The molecule has 4 fully saturated rings. The Morgan fingerprint density at radius 3 is 2.65 bits per heavy atom. The molecule has 0 saturated heterocycles. The van der Waals surface area contributed by atoms with Crippen LogP contribution in [0.3, 0.4) is 0 Å². The van der Waals surface area contributed by atoms with Gasteiger partial charge in [0.05, 0.1) is 6.10 Å². The fraction of sp³-hybridized carbons (Fsp3) is 0.909. The molecule has 0 radical (unpaired) electrons. The molecule has 0 aromatic rings. The third-order valence-electron chi connectivity index (χ3n) is 9.51. The maximum atomic E-state index is 10.2. The molecule has 1 spiro atoms. The first-order chi connectivity index (χ1) is 11.1. The van der Waals surface area contributed by atoms with Crippen molar-refractivity contribution in [2.24, 2.45) is 40.4 Å². The van der Waals surface area contributed by atoms with Crippen molar-refractivity contribution in [1.29, 1.82) is 0 Å². The molecule has 0 bridgehead atoms. The van der Waals surface area contributed by atoms with Gasteiger partial charge in [0.1, 0.15) is 0 Å². The van der Waals surface area contributed by atoms with Crippen molar-refractivity contribution in [2.75, 3.05) is 0 Å². The van der Waals surface area contributed by atoms with Crippen molar-refractivity contribution in [3.05, 3.63) is 12.2 Å². The van der Waals surface area contributed by atoms with E-state index < -0.39 is 0 Å². The molecule has 5 aliphatic carbocycles. The first-order valence-electron chi connectivity index (χ1n) is 10.5. The first kappa shape index (κ1) is 15.0. The molecule has 5 unspecified atom stereocenters. The van der Waals surface area contributed by atoms with Gasteiger partial charge in [0.2, 0.25) is 0 Å². The maximum Gasteiger partial charge on any atom is 0.0543 e. The second kappa shape index (κ2) is 5.10. The van der Waals surface area contributed by atoms with Gasteiger partial charge >= 0.3 is 0 Å². The van der Waals surface area contributed by atoms with Crippen molar-refractivity contribution in [1.82, 2.24) is 0 Å². The minimum Gasteiger partial charge on any atom is -0.393 e. The fourth-order valence-corrected chi connectivity index (χ4v) is 8.43. The summed E-state index contributed by atoms with van der Waals surface area (Å²) in [7, 11) is 0. The highest BCUT2D eigenvalue weighted by Gasteiger charge is 2.60. The van der Waals surface area contributed by atoms with Crippen LogP contribution in [0.2, 0.25) is 0 Å². The van der Waals surface area contributed by atoms with Crippen LogP contribution < -0.4 is 0 Å². The van der Waals surface area contributed by atoms with Crippen LogP contribution in [-0.2, 0) is 0 Å². The van der Waals surface area contributed by atoms with Crippen molar-refractivity contribution in [3.63, 3.8) is 0 Å². The van der Waals surface area contributed by atoms with E-state index in [9.17, 15) is 5.11 Å². The lowest BCUT2D eigenvalue weighted by Gasteiger charge is -2.61. The SMILES string of the molecule is C[C@]12CC[C@@H](O)C[C@@H]1CCC1C3CCC4CCC=CC43CCC12. The van der Waals surface area contributed by atoms with E-state index in [1.54, 1.807) is 0 Å². The predicted octanol–water partition coefficient (Wildman–Crippen LogP) is 5.34. The highest BCUT2D eigenvalue weighted by atomic mass is 16.3. The van der Waals surface area contributed by atoms with Gasteiger partial charge in [-0.05, 0) is 111 Å². The molecule has 1 nitrogen and oxygen atoms in total. The van der Waals surface area contributed by atoms with Crippen LogP contribution in [-0.4, -0.2) is 11.2 Å². The molecule has 5 rings (SSSR count). The standard InChI is InChI=1S/C22H34O/c1-21-12-9-17(23)14-16(21)5-7-18-19(21)10-13-22-11-3-2-4-15(22)6-8-20(18)22/h3,11,15-20,23H,2,4-10,12-14H2,1H3/t15?,16-,17+,18?,19?,20?,21-,22?/m0/s1. The van der Waals surface area contributed by atoms with Gasteiger partial charge in [0.25, 0.3) is 0 Å². The lowest BCUT2D eigenvalue weighted by atomic mass is 9.44. The number of hydrogen-bond donors (Lipinski definition) is 1. The van der Waals surface area contributed by atoms with E-state index in [2.05, 4.69) is 19.1 Å². The molecule has 1 N–H and O–H groups in total. The van der Waals surface area contributed by atoms with E-state index in [4.69, 9.17) is 0 Å². The number of fused-ring (bicyclic) bond motifs is 4. The molecule has 128 valence electrons. The Balaban J connectivity index is 1.47. The molecule has 8 atom stereocenters. The summed E-state index contributed by atoms with van der Waals surface area (Å²) in [6.07, 6.45) is 20.3. The second-order valence-electron chi connectivity index (χ2n) is 9.99. The smallest absolute Gasteiger partial charge is 0.0543 e. The van der Waals surface area contributed by atoms with Gasteiger partial charge in [-0.3, -0.25) is 0 Å². The van der Waals surface area contributed by atoms with Crippen LogP contribution in [0.5, 0.6) is 0 Å². The van der Waals surface area contributed by atoms with Crippen LogP contribution in [0.25, 0.3) is 0 Å². The Hall–Kier alpha value is -0.300. The maximum absolute atomic E-state index is 10.2. The number of allylic oxidation sites excluding steroid dienone is 2. The van der Waals surface area contributed by atoms with E-state index in [0.29, 0.717) is 10.8 Å². The highest BCUT2D eigenvalue weighted by Crippen LogP contribution is 2.69. The van der Waals surface area contributed by atoms with Crippen LogP contribution in [0.15, 0.2) is 12.2 Å². The zero-order valence-corrected chi connectivity index (χ0v) is 14.8. The van der Waals surface area contributed by atoms with Crippen molar-refractivity contribution >= 4 is 0 Å². The van der Waals surface area contributed by atoms with Crippen molar-refractivity contribution in [3.8, 4) is 0 Å². The topological polar surface area (TPSA) is 20.2 Å². The summed E-state index contributed by atoms with van der Waals surface area (Å²) in [5, 5.41) is 10.2. The van der Waals surface area contributed by atoms with Gasteiger partial charge in [0.15, 0.2) is 0 Å². The molecule has 0 aliphatic heterocycles. The second-order valence-corrected chi connectivity index (χ2v) is 9.99. The summed E-state index contributed by atoms with van der Waals surface area (Å²) in [6.45, 7) is 2.61. The van der Waals surface area contributed by atoms with Gasteiger partial charge in [-0.25, -0.2) is 0 Å². The molecular formula is C22H34O.